The minimum absolute atomic E-state index is 0.0854. The smallest absolute Gasteiger partial charge is 0.306 e. The maximum Gasteiger partial charge on any atom is 0.306 e. The number of carboxylic acid groups (broad SMARTS) is 1. The van der Waals surface area contributed by atoms with Gasteiger partial charge in [0.1, 0.15) is 6.10 Å². The van der Waals surface area contributed by atoms with Gasteiger partial charge in [-0.2, -0.15) is 0 Å². The number of allylic oxidation sites excluding steroid dienone is 5. The molecule has 1 N–H and O–H groups in total. The monoisotopic (exact) mass is 617 g/mol. The van der Waals surface area contributed by atoms with Crippen LogP contribution in [-0.4, -0.2) is 23.1 Å². The van der Waals surface area contributed by atoms with Gasteiger partial charge >= 0.3 is 11.9 Å². The molecule has 4 heteroatoms. The van der Waals surface area contributed by atoms with Gasteiger partial charge in [0.25, 0.3) is 0 Å². The molecule has 0 aliphatic rings. The summed E-state index contributed by atoms with van der Waals surface area (Å²) in [7, 11) is 0. The molecule has 0 saturated heterocycles. The summed E-state index contributed by atoms with van der Waals surface area (Å²) in [5.41, 5.74) is 0. The molecule has 0 saturated carbocycles. The van der Waals surface area contributed by atoms with Crippen LogP contribution >= 0.6 is 0 Å². The van der Waals surface area contributed by atoms with Crippen LogP contribution in [-0.2, 0) is 14.3 Å². The maximum absolute atomic E-state index is 12.5. The molecule has 1 unspecified atom stereocenters. The van der Waals surface area contributed by atoms with Gasteiger partial charge in [0.2, 0.25) is 0 Å². The zero-order valence-corrected chi connectivity index (χ0v) is 29.2. The number of carboxylic acids is 1. The van der Waals surface area contributed by atoms with E-state index in [2.05, 4.69) is 44.2 Å². The first-order valence-electron chi connectivity index (χ1n) is 19.0. The van der Waals surface area contributed by atoms with E-state index in [0.717, 1.165) is 57.8 Å². The average molecular weight is 617 g/mol. The molecule has 0 amide bonds. The minimum atomic E-state index is -0.729. The van der Waals surface area contributed by atoms with Crippen molar-refractivity contribution in [2.75, 3.05) is 0 Å². The Bertz CT molecular complexity index is 708. The zero-order valence-electron chi connectivity index (χ0n) is 29.2. The number of esters is 1. The number of hydrogen-bond donors (Lipinski definition) is 1. The topological polar surface area (TPSA) is 63.6 Å². The van der Waals surface area contributed by atoms with E-state index < -0.39 is 5.97 Å². The summed E-state index contributed by atoms with van der Waals surface area (Å²) in [6.07, 6.45) is 46.2. The van der Waals surface area contributed by atoms with Gasteiger partial charge < -0.3 is 9.84 Å². The summed E-state index contributed by atoms with van der Waals surface area (Å²) < 4.78 is 5.84. The Labute approximate surface area is 273 Å². The molecule has 44 heavy (non-hydrogen) atoms. The van der Waals surface area contributed by atoms with E-state index in [4.69, 9.17) is 9.84 Å². The first kappa shape index (κ1) is 42.2. The average Bonchev–Trinajstić information content (AvgIpc) is 3.01. The van der Waals surface area contributed by atoms with Crippen molar-refractivity contribution in [3.63, 3.8) is 0 Å². The number of carbonyl (C=O) groups excluding carboxylic acids is 1. The second kappa shape index (κ2) is 35.6. The van der Waals surface area contributed by atoms with E-state index in [9.17, 15) is 9.59 Å². The third kappa shape index (κ3) is 34.6. The lowest BCUT2D eigenvalue weighted by Gasteiger charge is -2.14. The van der Waals surface area contributed by atoms with Gasteiger partial charge in [0, 0.05) is 12.8 Å². The van der Waals surface area contributed by atoms with Gasteiger partial charge in [-0.15, -0.1) is 0 Å². The summed E-state index contributed by atoms with van der Waals surface area (Å²) in [6.45, 7) is 4.42. The lowest BCUT2D eigenvalue weighted by atomic mass is 10.0. The first-order valence-corrected chi connectivity index (χ1v) is 19.0. The lowest BCUT2D eigenvalue weighted by Crippen LogP contribution is -2.16. The van der Waals surface area contributed by atoms with Crippen molar-refractivity contribution in [2.45, 2.75) is 206 Å². The van der Waals surface area contributed by atoms with Gasteiger partial charge in [-0.1, -0.05) is 173 Å². The molecule has 0 spiro atoms. The van der Waals surface area contributed by atoms with Crippen molar-refractivity contribution >= 4 is 11.9 Å². The number of hydrogen-bond acceptors (Lipinski definition) is 3. The molecule has 0 fully saturated rings. The van der Waals surface area contributed by atoms with Crippen molar-refractivity contribution in [1.29, 1.82) is 0 Å². The third-order valence-electron chi connectivity index (χ3n) is 8.36. The summed E-state index contributed by atoms with van der Waals surface area (Å²) in [4.78, 5) is 23.2. The Balaban J connectivity index is 3.89. The van der Waals surface area contributed by atoms with Crippen LogP contribution in [0.15, 0.2) is 36.5 Å². The Hall–Kier alpha value is -1.84. The second-order valence-electron chi connectivity index (χ2n) is 12.7. The molecule has 0 heterocycles. The molecule has 4 nitrogen and oxygen atoms in total. The normalized spacial score (nSPS) is 12.6. The predicted molar refractivity (Wildman–Crippen MR) is 190 cm³/mol. The third-order valence-corrected chi connectivity index (χ3v) is 8.36. The molecule has 0 aliphatic heterocycles. The first-order chi connectivity index (χ1) is 21.6. The summed E-state index contributed by atoms with van der Waals surface area (Å²) in [6, 6.07) is 0. The molecule has 256 valence electrons. The van der Waals surface area contributed by atoms with Crippen molar-refractivity contribution in [2.24, 2.45) is 0 Å². The van der Waals surface area contributed by atoms with Gasteiger partial charge in [0.15, 0.2) is 0 Å². The molecule has 0 aromatic rings. The van der Waals surface area contributed by atoms with Crippen molar-refractivity contribution in [3.8, 4) is 0 Å². The van der Waals surface area contributed by atoms with E-state index in [1.165, 1.54) is 109 Å². The summed E-state index contributed by atoms with van der Waals surface area (Å²) >= 11 is 0. The zero-order chi connectivity index (χ0) is 32.2. The van der Waals surface area contributed by atoms with Crippen LogP contribution in [0, 0.1) is 0 Å². The van der Waals surface area contributed by atoms with Crippen LogP contribution in [0.4, 0.5) is 0 Å². The largest absolute Gasteiger partial charge is 0.481 e. The van der Waals surface area contributed by atoms with E-state index in [-0.39, 0.29) is 18.5 Å². The lowest BCUT2D eigenvalue weighted by molar-refractivity contribution is -0.147. The van der Waals surface area contributed by atoms with E-state index in [1.54, 1.807) is 0 Å². The maximum atomic E-state index is 12.5. The van der Waals surface area contributed by atoms with Crippen molar-refractivity contribution in [3.05, 3.63) is 36.5 Å². The fourth-order valence-corrected chi connectivity index (χ4v) is 5.59. The molecule has 0 radical (unpaired) electrons. The number of ether oxygens (including phenoxy) is 1. The van der Waals surface area contributed by atoms with Gasteiger partial charge in [-0.05, 0) is 51.0 Å². The summed E-state index contributed by atoms with van der Waals surface area (Å²) in [5.74, 6) is -0.814. The highest BCUT2D eigenvalue weighted by Gasteiger charge is 2.11. The van der Waals surface area contributed by atoms with Crippen molar-refractivity contribution < 1.29 is 19.4 Å². The highest BCUT2D eigenvalue weighted by molar-refractivity contribution is 5.69. The van der Waals surface area contributed by atoms with Crippen LogP contribution in [0.5, 0.6) is 0 Å². The Morgan fingerprint density at radius 2 is 0.932 bits per heavy atom. The fourth-order valence-electron chi connectivity index (χ4n) is 5.59. The number of aliphatic carboxylic acids is 1. The SMILES string of the molecule is CC/C=C\C/C=C\C/C=C\C(CCCCCCC(=O)O)OC(=O)CCCCCCCCCCCCCCCCCCCCC. The molecule has 0 bridgehead atoms. The number of rotatable bonds is 34. The molecule has 0 aliphatic carbocycles. The van der Waals surface area contributed by atoms with Crippen LogP contribution in [0.25, 0.3) is 0 Å². The molecule has 0 aromatic heterocycles. The Morgan fingerprint density at radius 3 is 1.41 bits per heavy atom. The van der Waals surface area contributed by atoms with E-state index >= 15 is 0 Å². The number of unbranched alkanes of at least 4 members (excludes halogenated alkanes) is 21. The Morgan fingerprint density at radius 1 is 0.523 bits per heavy atom. The minimum Gasteiger partial charge on any atom is -0.481 e. The van der Waals surface area contributed by atoms with Crippen LogP contribution in [0.3, 0.4) is 0 Å². The summed E-state index contributed by atoms with van der Waals surface area (Å²) in [5, 5.41) is 8.81. The second-order valence-corrected chi connectivity index (χ2v) is 12.7. The van der Waals surface area contributed by atoms with Gasteiger partial charge in [-0.3, -0.25) is 9.59 Å². The standard InChI is InChI=1S/C40H72O4/c1-3-5-7-9-11-13-14-15-16-17-18-19-20-21-22-23-25-27-33-37-40(43)44-38(35-31-28-29-32-36-39(41)42)34-30-26-24-12-10-8-6-4-2/h6,8,12,24,30,34,38H,3-5,7,9-11,13-23,25-29,31-33,35-37H2,1-2H3,(H,41,42)/b8-6-,24-12-,34-30-. The molecule has 0 aromatic carbocycles. The van der Waals surface area contributed by atoms with Gasteiger partial charge in [0.05, 0.1) is 0 Å². The van der Waals surface area contributed by atoms with E-state index in [1.807, 2.05) is 6.08 Å². The molecular formula is C40H72O4. The highest BCUT2D eigenvalue weighted by atomic mass is 16.5. The fraction of sp³-hybridized carbons (Fsp3) is 0.800. The predicted octanol–water partition coefficient (Wildman–Crippen LogP) is 13.0. The van der Waals surface area contributed by atoms with Crippen LogP contribution < -0.4 is 0 Å². The number of carbonyl (C=O) groups is 2. The molecular weight excluding hydrogens is 544 g/mol. The molecule has 0 rings (SSSR count). The van der Waals surface area contributed by atoms with Crippen molar-refractivity contribution in [1.82, 2.24) is 0 Å². The van der Waals surface area contributed by atoms with E-state index in [0.29, 0.717) is 12.8 Å². The van der Waals surface area contributed by atoms with Crippen LogP contribution in [0.2, 0.25) is 0 Å². The quantitative estimate of drug-likeness (QED) is 0.0444. The van der Waals surface area contributed by atoms with Gasteiger partial charge in [-0.25, -0.2) is 0 Å². The Kier molecular flexibility index (Phi) is 34.1. The van der Waals surface area contributed by atoms with Crippen LogP contribution in [0.1, 0.15) is 200 Å². The highest BCUT2D eigenvalue weighted by Crippen LogP contribution is 2.16. The molecule has 1 atom stereocenters.